The zero-order chi connectivity index (χ0) is 7.33. The lowest BCUT2D eigenvalue weighted by atomic mass is 10.4. The average molecular weight is 152 g/mol. The van der Waals surface area contributed by atoms with Gasteiger partial charge in [0.2, 0.25) is 0 Å². The summed E-state index contributed by atoms with van der Waals surface area (Å²) in [5.74, 6) is 0. The Balaban J connectivity index is 3.18. The molecule has 9 heavy (non-hydrogen) atoms. The molecule has 0 rings (SSSR count). The monoisotopic (exact) mass is 152 g/mol. The highest BCUT2D eigenvalue weighted by Gasteiger charge is 1.89. The van der Waals surface area contributed by atoms with Gasteiger partial charge >= 0.3 is 0 Å². The molecule has 0 aliphatic heterocycles. The molecule has 0 heterocycles. The minimum atomic E-state index is -4.31. The molecule has 0 aliphatic rings. The largest absolute Gasteiger partial charge is 0.811 e. The third-order valence-corrected chi connectivity index (χ3v) is 1.70. The highest BCUT2D eigenvalue weighted by molar-refractivity contribution is 7.48. The van der Waals surface area contributed by atoms with Crippen LogP contribution < -0.4 is 9.79 Å². The van der Waals surface area contributed by atoms with Crippen molar-refractivity contribution in [1.82, 2.24) is 0 Å². The summed E-state index contributed by atoms with van der Waals surface area (Å²) in [5, 5.41) is 8.17. The summed E-state index contributed by atoms with van der Waals surface area (Å²) < 4.78 is 9.90. The van der Waals surface area contributed by atoms with Gasteiger partial charge in [-0.1, -0.05) is 7.60 Å². The number of aliphatic hydroxyl groups excluding tert-OH is 1. The summed E-state index contributed by atoms with van der Waals surface area (Å²) in [4.78, 5) is 19.8. The lowest BCUT2D eigenvalue weighted by molar-refractivity contribution is -0.313. The van der Waals surface area contributed by atoms with Crippen LogP contribution >= 0.6 is 7.60 Å². The highest BCUT2D eigenvalue weighted by Crippen LogP contribution is 2.23. The van der Waals surface area contributed by atoms with E-state index in [2.05, 4.69) is 0 Å². The Hall–Kier alpha value is 0.110. The summed E-state index contributed by atoms with van der Waals surface area (Å²) in [6.07, 6.45) is 0.308. The van der Waals surface area contributed by atoms with Gasteiger partial charge in [0.15, 0.2) is 0 Å². The van der Waals surface area contributed by atoms with Crippen LogP contribution in [0.25, 0.3) is 0 Å². The first kappa shape index (κ1) is 9.11. The maximum Gasteiger partial charge on any atom is 0.0431 e. The molecule has 4 nitrogen and oxygen atoms in total. The number of hydrogen-bond acceptors (Lipinski definition) is 4. The molecule has 0 saturated heterocycles. The Labute approximate surface area is 53.7 Å². The standard InChI is InChI=1S/C4H11O4P/c5-3-1-2-4-9(6,7)8/h5H,1-4H2,(H2,6,7,8)/p-2. The zero-order valence-corrected chi connectivity index (χ0v) is 5.84. The molecule has 0 aromatic rings. The maximum atomic E-state index is 9.90. The fourth-order valence-electron chi connectivity index (χ4n) is 0.417. The molecule has 1 N–H and O–H groups in total. The van der Waals surface area contributed by atoms with Crippen molar-refractivity contribution in [3.8, 4) is 0 Å². The second-order valence-electron chi connectivity index (χ2n) is 1.77. The van der Waals surface area contributed by atoms with E-state index in [0.717, 1.165) is 0 Å². The number of hydrogen-bond donors (Lipinski definition) is 1. The van der Waals surface area contributed by atoms with Gasteiger partial charge in [0.25, 0.3) is 0 Å². The van der Waals surface area contributed by atoms with Crippen molar-refractivity contribution in [1.29, 1.82) is 0 Å². The van der Waals surface area contributed by atoms with Gasteiger partial charge in [-0.05, 0) is 19.0 Å². The Bertz CT molecular complexity index is 107. The molecular weight excluding hydrogens is 143 g/mol. The summed E-state index contributed by atoms with van der Waals surface area (Å²) in [6.45, 7) is -0.0556. The minimum Gasteiger partial charge on any atom is -0.811 e. The Kier molecular flexibility index (Phi) is 4.06. The van der Waals surface area contributed by atoms with Crippen molar-refractivity contribution >= 4 is 7.60 Å². The molecule has 0 fully saturated rings. The summed E-state index contributed by atoms with van der Waals surface area (Å²) >= 11 is 0. The van der Waals surface area contributed by atoms with Crippen molar-refractivity contribution in [2.75, 3.05) is 12.8 Å². The van der Waals surface area contributed by atoms with Crippen molar-refractivity contribution in [3.05, 3.63) is 0 Å². The van der Waals surface area contributed by atoms with Crippen LogP contribution in [0.2, 0.25) is 0 Å². The zero-order valence-electron chi connectivity index (χ0n) is 4.95. The van der Waals surface area contributed by atoms with Crippen molar-refractivity contribution < 1.29 is 19.5 Å². The van der Waals surface area contributed by atoms with Crippen LogP contribution in [0.3, 0.4) is 0 Å². The lowest BCUT2D eigenvalue weighted by Gasteiger charge is -2.28. The fraction of sp³-hybridized carbons (Fsp3) is 1.00. The van der Waals surface area contributed by atoms with Gasteiger partial charge in [0, 0.05) is 6.61 Å². The van der Waals surface area contributed by atoms with Crippen LogP contribution in [0.4, 0.5) is 0 Å². The SMILES string of the molecule is O=P([O-])([O-])CCCCO. The van der Waals surface area contributed by atoms with Gasteiger partial charge in [-0.3, -0.25) is 0 Å². The fourth-order valence-corrected chi connectivity index (χ4v) is 1.03. The molecule has 0 aromatic heterocycles. The quantitative estimate of drug-likeness (QED) is 0.399. The van der Waals surface area contributed by atoms with E-state index >= 15 is 0 Å². The van der Waals surface area contributed by atoms with Gasteiger partial charge in [-0.25, -0.2) is 0 Å². The van der Waals surface area contributed by atoms with Crippen LogP contribution in [0.1, 0.15) is 12.8 Å². The molecule has 0 radical (unpaired) electrons. The van der Waals surface area contributed by atoms with E-state index in [-0.39, 0.29) is 19.2 Å². The molecule has 0 amide bonds. The van der Waals surface area contributed by atoms with E-state index in [1.807, 2.05) is 0 Å². The van der Waals surface area contributed by atoms with Gasteiger partial charge in [-0.2, -0.15) is 0 Å². The first-order chi connectivity index (χ1) is 4.06. The average Bonchev–Trinajstić information content (AvgIpc) is 1.63. The first-order valence-electron chi connectivity index (χ1n) is 2.68. The van der Waals surface area contributed by atoms with Crippen LogP contribution in [-0.4, -0.2) is 17.9 Å². The molecular formula is C4H9O4P-2. The van der Waals surface area contributed by atoms with Gasteiger partial charge in [0.05, 0.1) is 0 Å². The van der Waals surface area contributed by atoms with Crippen LogP contribution in [0, 0.1) is 0 Å². The second kappa shape index (κ2) is 4.01. The van der Waals surface area contributed by atoms with Crippen LogP contribution in [0.5, 0.6) is 0 Å². The predicted octanol–water partition coefficient (Wildman–Crippen LogP) is -1.33. The molecule has 0 spiro atoms. The second-order valence-corrected chi connectivity index (χ2v) is 3.43. The molecule has 56 valence electrons. The molecule has 0 atom stereocenters. The Morgan fingerprint density at radius 2 is 1.89 bits per heavy atom. The topological polar surface area (TPSA) is 83.4 Å². The summed E-state index contributed by atoms with van der Waals surface area (Å²) in [6, 6.07) is 0. The normalized spacial score (nSPS) is 11.9. The van der Waals surface area contributed by atoms with Gasteiger partial charge in [-0.15, -0.1) is 0 Å². The molecule has 5 heteroatoms. The minimum absolute atomic E-state index is 0.0556. The number of rotatable bonds is 4. The molecule has 0 bridgehead atoms. The van der Waals surface area contributed by atoms with Crippen molar-refractivity contribution in [2.24, 2.45) is 0 Å². The van der Waals surface area contributed by atoms with Crippen molar-refractivity contribution in [2.45, 2.75) is 12.8 Å². The number of unbranched alkanes of at least 4 members (excludes halogenated alkanes) is 1. The lowest BCUT2D eigenvalue weighted by Crippen LogP contribution is -2.16. The van der Waals surface area contributed by atoms with E-state index in [9.17, 15) is 14.4 Å². The smallest absolute Gasteiger partial charge is 0.0431 e. The van der Waals surface area contributed by atoms with E-state index in [4.69, 9.17) is 5.11 Å². The van der Waals surface area contributed by atoms with Gasteiger partial charge < -0.3 is 19.5 Å². The van der Waals surface area contributed by atoms with E-state index in [0.29, 0.717) is 6.42 Å². The third kappa shape index (κ3) is 8.11. The summed E-state index contributed by atoms with van der Waals surface area (Å²) in [5.41, 5.74) is 0. The van der Waals surface area contributed by atoms with Crippen LogP contribution in [-0.2, 0) is 4.57 Å². The Morgan fingerprint density at radius 3 is 2.22 bits per heavy atom. The highest BCUT2D eigenvalue weighted by atomic mass is 31.2. The Morgan fingerprint density at radius 1 is 1.33 bits per heavy atom. The molecule has 0 saturated carbocycles. The van der Waals surface area contributed by atoms with E-state index in [1.54, 1.807) is 0 Å². The number of aliphatic hydroxyl groups is 1. The van der Waals surface area contributed by atoms with Crippen LogP contribution in [0.15, 0.2) is 0 Å². The molecule has 0 aromatic carbocycles. The van der Waals surface area contributed by atoms with Crippen molar-refractivity contribution in [3.63, 3.8) is 0 Å². The third-order valence-electron chi connectivity index (χ3n) is 0.840. The first-order valence-corrected chi connectivity index (χ1v) is 4.41. The molecule has 0 unspecified atom stereocenters. The maximum absolute atomic E-state index is 9.90. The van der Waals surface area contributed by atoms with E-state index in [1.165, 1.54) is 0 Å². The predicted molar refractivity (Wildman–Crippen MR) is 28.8 cm³/mol. The molecule has 0 aliphatic carbocycles. The summed E-state index contributed by atoms with van der Waals surface area (Å²) in [7, 11) is -4.31. The van der Waals surface area contributed by atoms with E-state index < -0.39 is 7.60 Å². The van der Waals surface area contributed by atoms with Gasteiger partial charge in [0.1, 0.15) is 0 Å².